The first-order valence-corrected chi connectivity index (χ1v) is 14.0. The Hall–Kier alpha value is -4.64. The number of primary amides is 1. The molecule has 1 aliphatic heterocycles. The quantitative estimate of drug-likeness (QED) is 0.160. The van der Waals surface area contributed by atoms with Gasteiger partial charge in [0.25, 0.3) is 11.8 Å². The van der Waals surface area contributed by atoms with Crippen LogP contribution in [0.25, 0.3) is 10.9 Å². The van der Waals surface area contributed by atoms with Crippen molar-refractivity contribution in [2.45, 2.75) is 43.7 Å². The molecule has 2 aromatic heterocycles. The lowest BCUT2D eigenvalue weighted by molar-refractivity contribution is -0.274. The fraction of sp³-hybridized carbons (Fsp3) is 0.375. The minimum absolute atomic E-state index is 0.147. The molecule has 3 N–H and O–H groups in total. The van der Waals surface area contributed by atoms with Crippen LogP contribution in [-0.2, 0) is 31.0 Å². The number of amides is 3. The summed E-state index contributed by atoms with van der Waals surface area (Å²) >= 11 is 0. The summed E-state index contributed by atoms with van der Waals surface area (Å²) in [6.07, 6.45) is -7.21. The Bertz CT molecular complexity index is 1770. The van der Waals surface area contributed by atoms with Crippen molar-refractivity contribution >= 4 is 44.4 Å². The SMILES string of the molecule is CO[C@H]1[C@@H](C(=O)N(F)c2cccc(OC(F)(F)F)c2)N(C(=O)Cn2nc(C(N)=O)c3cc(C)ncc32)C[C@@H]1F.O=S(=O)(O)C(F)(F)F. The summed E-state index contributed by atoms with van der Waals surface area (Å²) < 4.78 is 135. The van der Waals surface area contributed by atoms with Gasteiger partial charge in [0.1, 0.15) is 30.6 Å². The molecular weight excluding hydrogens is 684 g/mol. The summed E-state index contributed by atoms with van der Waals surface area (Å²) in [7, 11) is -4.78. The normalized spacial score (nSPS) is 18.4. The number of nitrogens with two attached hydrogens (primary N) is 1. The second-order valence-electron chi connectivity index (χ2n) is 9.51. The van der Waals surface area contributed by atoms with Crippen molar-refractivity contribution in [3.05, 3.63) is 47.9 Å². The van der Waals surface area contributed by atoms with E-state index in [1.807, 2.05) is 0 Å². The number of ether oxygens (including phenoxy) is 2. The van der Waals surface area contributed by atoms with E-state index in [2.05, 4.69) is 14.8 Å². The second kappa shape index (κ2) is 13.6. The van der Waals surface area contributed by atoms with Gasteiger partial charge in [-0.3, -0.25) is 28.6 Å². The zero-order valence-corrected chi connectivity index (χ0v) is 24.5. The summed E-state index contributed by atoms with van der Waals surface area (Å²) in [4.78, 5) is 43.1. The number of hydrogen-bond acceptors (Lipinski definition) is 9. The molecule has 1 aliphatic rings. The third-order valence-electron chi connectivity index (χ3n) is 6.28. The van der Waals surface area contributed by atoms with E-state index in [-0.39, 0.29) is 11.2 Å². The number of carbonyl (C=O) groups is 3. The predicted octanol–water partition coefficient (Wildman–Crippen LogP) is 2.61. The Morgan fingerprint density at radius 3 is 2.30 bits per heavy atom. The van der Waals surface area contributed by atoms with Crippen LogP contribution in [0.3, 0.4) is 0 Å². The van der Waals surface area contributed by atoms with Crippen LogP contribution in [0.5, 0.6) is 5.75 Å². The summed E-state index contributed by atoms with van der Waals surface area (Å²) in [5.41, 5.74) is -0.164. The fourth-order valence-electron chi connectivity index (χ4n) is 4.33. The summed E-state index contributed by atoms with van der Waals surface area (Å²) in [6.45, 7) is 0.397. The van der Waals surface area contributed by atoms with E-state index in [0.29, 0.717) is 17.1 Å². The van der Waals surface area contributed by atoms with Crippen molar-refractivity contribution in [3.8, 4) is 5.75 Å². The number of anilines is 1. The third-order valence-corrected chi connectivity index (χ3v) is 6.86. The van der Waals surface area contributed by atoms with E-state index in [1.165, 1.54) is 12.3 Å². The number of aromatic nitrogens is 3. The van der Waals surface area contributed by atoms with Crippen molar-refractivity contribution in [1.29, 1.82) is 0 Å². The molecule has 0 unspecified atom stereocenters. The van der Waals surface area contributed by atoms with Crippen LogP contribution < -0.4 is 15.6 Å². The first-order chi connectivity index (χ1) is 21.6. The van der Waals surface area contributed by atoms with Crippen molar-refractivity contribution < 1.29 is 72.0 Å². The van der Waals surface area contributed by atoms with E-state index in [1.54, 1.807) is 6.92 Å². The molecule has 3 aromatic rings. The molecule has 0 radical (unpaired) electrons. The zero-order valence-electron chi connectivity index (χ0n) is 23.7. The van der Waals surface area contributed by atoms with Gasteiger partial charge >= 0.3 is 22.0 Å². The molecule has 258 valence electrons. The summed E-state index contributed by atoms with van der Waals surface area (Å²) in [6, 6.07) is 3.19. The molecule has 4 rings (SSSR count). The molecule has 3 amide bonds. The van der Waals surface area contributed by atoms with Gasteiger partial charge in [0.15, 0.2) is 5.69 Å². The van der Waals surface area contributed by atoms with Crippen LogP contribution in [0, 0.1) is 6.92 Å². The highest BCUT2D eigenvalue weighted by Crippen LogP contribution is 2.31. The number of rotatable bonds is 7. The molecule has 3 atom stereocenters. The van der Waals surface area contributed by atoms with E-state index < -0.39 is 87.7 Å². The van der Waals surface area contributed by atoms with Gasteiger partial charge < -0.3 is 20.1 Å². The lowest BCUT2D eigenvalue weighted by Crippen LogP contribution is -2.51. The van der Waals surface area contributed by atoms with Crippen molar-refractivity contribution in [1.82, 2.24) is 19.7 Å². The lowest BCUT2D eigenvalue weighted by Gasteiger charge is -2.28. The van der Waals surface area contributed by atoms with Crippen molar-refractivity contribution in [3.63, 3.8) is 0 Å². The minimum atomic E-state index is -5.84. The highest BCUT2D eigenvalue weighted by Gasteiger charge is 2.51. The smallest absolute Gasteiger partial charge is 0.406 e. The van der Waals surface area contributed by atoms with Gasteiger partial charge in [0.2, 0.25) is 5.91 Å². The van der Waals surface area contributed by atoms with E-state index in [0.717, 1.165) is 34.9 Å². The number of halogens is 8. The number of nitrogens with zero attached hydrogens (tertiary/aromatic N) is 5. The number of carbonyl (C=O) groups excluding carboxylic acids is 3. The number of aryl methyl sites for hydroxylation is 1. The van der Waals surface area contributed by atoms with Crippen LogP contribution in [0.2, 0.25) is 0 Å². The Kier molecular flexibility index (Phi) is 10.7. The van der Waals surface area contributed by atoms with Gasteiger partial charge in [-0.15, -0.1) is 18.3 Å². The maximum Gasteiger partial charge on any atom is 0.573 e. The molecule has 1 aromatic carbocycles. The molecule has 0 saturated carbocycles. The van der Waals surface area contributed by atoms with E-state index >= 15 is 4.48 Å². The number of alkyl halides is 7. The van der Waals surface area contributed by atoms with Crippen LogP contribution in [0.4, 0.5) is 40.9 Å². The number of pyridine rings is 1. The minimum Gasteiger partial charge on any atom is -0.406 e. The number of benzene rings is 1. The molecular formula is C24H22F8N6O8S. The number of hydrogen-bond donors (Lipinski definition) is 2. The van der Waals surface area contributed by atoms with Gasteiger partial charge in [0, 0.05) is 24.3 Å². The first kappa shape index (κ1) is 36.8. The molecule has 1 fully saturated rings. The van der Waals surface area contributed by atoms with Gasteiger partial charge in [-0.05, 0) is 25.1 Å². The molecule has 0 bridgehead atoms. The molecule has 0 aliphatic carbocycles. The van der Waals surface area contributed by atoms with E-state index in [4.69, 9.17) is 23.4 Å². The maximum atomic E-state index is 15.2. The number of likely N-dealkylation sites (tertiary alicyclic amines) is 1. The predicted molar refractivity (Wildman–Crippen MR) is 141 cm³/mol. The summed E-state index contributed by atoms with van der Waals surface area (Å²) in [5.74, 6) is -4.04. The fourth-order valence-corrected chi connectivity index (χ4v) is 4.33. The van der Waals surface area contributed by atoms with Gasteiger partial charge in [-0.1, -0.05) is 10.5 Å². The van der Waals surface area contributed by atoms with Gasteiger partial charge in [0.05, 0.1) is 23.9 Å². The second-order valence-corrected chi connectivity index (χ2v) is 10.9. The largest absolute Gasteiger partial charge is 0.573 e. The van der Waals surface area contributed by atoms with Crippen LogP contribution in [-0.4, -0.2) is 94.2 Å². The maximum absolute atomic E-state index is 15.2. The number of fused-ring (bicyclic) bond motifs is 1. The third kappa shape index (κ3) is 8.59. The Morgan fingerprint density at radius 2 is 1.77 bits per heavy atom. The Balaban J connectivity index is 0.000000665. The average molecular weight is 707 g/mol. The van der Waals surface area contributed by atoms with Crippen molar-refractivity contribution in [2.24, 2.45) is 5.73 Å². The molecule has 3 heterocycles. The van der Waals surface area contributed by atoms with Gasteiger partial charge in [-0.25, -0.2) is 4.39 Å². The Labute approximate surface area is 258 Å². The lowest BCUT2D eigenvalue weighted by atomic mass is 10.1. The van der Waals surface area contributed by atoms with E-state index in [9.17, 15) is 45.1 Å². The first-order valence-electron chi connectivity index (χ1n) is 12.5. The Morgan fingerprint density at radius 1 is 1.15 bits per heavy atom. The monoisotopic (exact) mass is 706 g/mol. The molecule has 1 saturated heterocycles. The highest BCUT2D eigenvalue weighted by atomic mass is 32.2. The van der Waals surface area contributed by atoms with Crippen LogP contribution in [0.15, 0.2) is 36.5 Å². The average Bonchev–Trinajstić information content (AvgIpc) is 3.47. The zero-order chi connectivity index (χ0) is 35.6. The molecule has 23 heteroatoms. The molecule has 47 heavy (non-hydrogen) atoms. The molecule has 0 spiro atoms. The van der Waals surface area contributed by atoms with Crippen molar-refractivity contribution in [2.75, 3.05) is 18.8 Å². The summed E-state index contributed by atoms with van der Waals surface area (Å²) in [5, 5.41) is 3.84. The molecule has 14 nitrogen and oxygen atoms in total. The van der Waals surface area contributed by atoms with Crippen LogP contribution >= 0.6 is 0 Å². The standard InChI is InChI=1S/C23H21F5N6O5.CHF3O3S/c1-11-6-14-16(8-30-11)33(31-18(14)21(29)36)10-17(35)32-9-15(24)20(38-2)19(32)22(37)34(28)12-4-3-5-13(7-12)39-23(25,26)27;2-1(3,4)8(5,6)7/h3-8,15,19-20H,9-10H2,1-2H3,(H2,29,36);(H,5,6,7)/t15-,19-,20+;/m0./s1. The van der Waals surface area contributed by atoms with Crippen LogP contribution in [0.1, 0.15) is 16.2 Å². The highest BCUT2D eigenvalue weighted by molar-refractivity contribution is 7.86. The van der Waals surface area contributed by atoms with Gasteiger partial charge in [-0.2, -0.15) is 26.7 Å². The number of methoxy groups -OCH3 is 1. The topological polar surface area (TPSA) is 187 Å².